The zero-order chi connectivity index (χ0) is 18.0. The van der Waals surface area contributed by atoms with Gasteiger partial charge in [0, 0.05) is 0 Å². The third-order valence-electron chi connectivity index (χ3n) is 3.79. The molecule has 0 radical (unpaired) electrons. The van der Waals surface area contributed by atoms with Gasteiger partial charge in [0.1, 0.15) is 11.7 Å². The predicted molar refractivity (Wildman–Crippen MR) is 89.2 cm³/mol. The van der Waals surface area contributed by atoms with Gasteiger partial charge in [-0.05, 0) is 38.8 Å². The van der Waals surface area contributed by atoms with Crippen LogP contribution in [0.3, 0.4) is 0 Å². The quantitative estimate of drug-likeness (QED) is 0.791. The van der Waals surface area contributed by atoms with Crippen molar-refractivity contribution in [2.24, 2.45) is 0 Å². The van der Waals surface area contributed by atoms with E-state index in [1.54, 1.807) is 26.8 Å². The molecule has 0 aromatic heterocycles. The van der Waals surface area contributed by atoms with Gasteiger partial charge in [0.2, 0.25) is 0 Å². The largest absolute Gasteiger partial charge is 0.466 e. The molecule has 24 heavy (non-hydrogen) atoms. The zero-order valence-corrected chi connectivity index (χ0v) is 14.8. The molecule has 0 N–H and O–H groups in total. The van der Waals surface area contributed by atoms with Gasteiger partial charge in [-0.2, -0.15) is 0 Å². The maximum atomic E-state index is 12.7. The lowest BCUT2D eigenvalue weighted by molar-refractivity contribution is -0.179. The second-order valence-corrected chi connectivity index (χ2v) is 6.74. The molecule has 2 rings (SSSR count). The minimum Gasteiger partial charge on any atom is -0.466 e. The molecule has 1 aromatic rings. The minimum atomic E-state index is -1.29. The number of carbonyl (C=O) groups excluding carboxylic acids is 2. The Morgan fingerprint density at radius 3 is 2.33 bits per heavy atom. The Bertz CT molecular complexity index is 641. The number of benzene rings is 1. The first-order valence-corrected chi connectivity index (χ1v) is 7.99. The van der Waals surface area contributed by atoms with Crippen LogP contribution in [0, 0.1) is 0 Å². The molecule has 0 fully saturated rings. The average molecular weight is 332 g/mol. The lowest BCUT2D eigenvalue weighted by Gasteiger charge is -2.30. The number of rotatable bonds is 4. The van der Waals surface area contributed by atoms with Gasteiger partial charge in [-0.3, -0.25) is 0 Å². The summed E-state index contributed by atoms with van der Waals surface area (Å²) < 4.78 is 16.4. The highest BCUT2D eigenvalue weighted by atomic mass is 16.6. The fourth-order valence-corrected chi connectivity index (χ4v) is 2.60. The lowest BCUT2D eigenvalue weighted by atomic mass is 9.97. The van der Waals surface area contributed by atoms with Gasteiger partial charge < -0.3 is 14.2 Å². The van der Waals surface area contributed by atoms with Crippen LogP contribution in [0.1, 0.15) is 45.8 Å². The molecule has 1 heterocycles. The molecule has 1 aromatic carbocycles. The van der Waals surface area contributed by atoms with Crippen LogP contribution in [0.4, 0.5) is 0 Å². The third kappa shape index (κ3) is 3.67. The van der Waals surface area contributed by atoms with Crippen molar-refractivity contribution in [1.82, 2.24) is 0 Å². The Labute approximate surface area is 142 Å². The highest BCUT2D eigenvalue weighted by molar-refractivity contribution is 5.94. The Morgan fingerprint density at radius 2 is 1.83 bits per heavy atom. The molecule has 5 heteroatoms. The summed E-state index contributed by atoms with van der Waals surface area (Å²) in [5.41, 5.74) is -0.839. The normalized spacial score (nSPS) is 23.5. The Morgan fingerprint density at radius 1 is 1.21 bits per heavy atom. The van der Waals surface area contributed by atoms with Crippen molar-refractivity contribution in [2.75, 3.05) is 7.11 Å². The smallest absolute Gasteiger partial charge is 0.343 e. The van der Waals surface area contributed by atoms with E-state index in [-0.39, 0.29) is 0 Å². The van der Waals surface area contributed by atoms with Crippen LogP contribution in [-0.4, -0.2) is 30.3 Å². The van der Waals surface area contributed by atoms with Gasteiger partial charge in [0.25, 0.3) is 0 Å². The van der Waals surface area contributed by atoms with Crippen molar-refractivity contribution < 1.29 is 23.8 Å². The molecule has 130 valence electrons. The van der Waals surface area contributed by atoms with Crippen molar-refractivity contribution in [2.45, 2.75) is 51.4 Å². The SMILES string of the molecule is CC[C@]1(C(=O)OC(C)(C)C)C=C(C(=O)OC)[C@@H](c2ccccc2)O1. The summed E-state index contributed by atoms with van der Waals surface area (Å²) in [6.07, 6.45) is 1.24. The van der Waals surface area contributed by atoms with Crippen molar-refractivity contribution in [1.29, 1.82) is 0 Å². The predicted octanol–water partition coefficient (Wildman–Crippen LogP) is 3.35. The van der Waals surface area contributed by atoms with Crippen LogP contribution < -0.4 is 0 Å². The van der Waals surface area contributed by atoms with Gasteiger partial charge in [0.15, 0.2) is 5.60 Å². The summed E-state index contributed by atoms with van der Waals surface area (Å²) in [5, 5.41) is 0. The van der Waals surface area contributed by atoms with Crippen molar-refractivity contribution in [3.05, 3.63) is 47.5 Å². The molecule has 0 saturated heterocycles. The number of methoxy groups -OCH3 is 1. The minimum absolute atomic E-state index is 0.316. The summed E-state index contributed by atoms with van der Waals surface area (Å²) >= 11 is 0. The fraction of sp³-hybridized carbons (Fsp3) is 0.474. The summed E-state index contributed by atoms with van der Waals surface area (Å²) in [5.74, 6) is -1.01. The first kappa shape index (κ1) is 18.2. The molecule has 1 aliphatic heterocycles. The van der Waals surface area contributed by atoms with E-state index in [2.05, 4.69) is 0 Å². The van der Waals surface area contributed by atoms with Gasteiger partial charge in [-0.15, -0.1) is 0 Å². The molecule has 0 bridgehead atoms. The van der Waals surface area contributed by atoms with Crippen LogP contribution in [0.5, 0.6) is 0 Å². The zero-order valence-electron chi connectivity index (χ0n) is 14.8. The van der Waals surface area contributed by atoms with E-state index in [4.69, 9.17) is 14.2 Å². The summed E-state index contributed by atoms with van der Waals surface area (Å²) in [6, 6.07) is 9.28. The Hall–Kier alpha value is -2.14. The Balaban J connectivity index is 2.43. The number of hydrogen-bond acceptors (Lipinski definition) is 5. The third-order valence-corrected chi connectivity index (χ3v) is 3.79. The molecule has 2 atom stereocenters. The van der Waals surface area contributed by atoms with Gasteiger partial charge in [-0.25, -0.2) is 9.59 Å². The first-order valence-electron chi connectivity index (χ1n) is 7.99. The van der Waals surface area contributed by atoms with Gasteiger partial charge >= 0.3 is 11.9 Å². The molecular formula is C19H24O5. The number of hydrogen-bond donors (Lipinski definition) is 0. The average Bonchev–Trinajstić information content (AvgIpc) is 2.95. The van der Waals surface area contributed by atoms with Crippen molar-refractivity contribution >= 4 is 11.9 Å². The second kappa shape index (κ2) is 6.77. The molecule has 0 aliphatic carbocycles. The molecule has 0 unspecified atom stereocenters. The first-order chi connectivity index (χ1) is 11.2. The monoisotopic (exact) mass is 332 g/mol. The summed E-state index contributed by atoms with van der Waals surface area (Å²) in [4.78, 5) is 24.9. The molecule has 0 amide bonds. The van der Waals surface area contributed by atoms with Crippen molar-refractivity contribution in [3.8, 4) is 0 Å². The molecule has 0 spiro atoms. The fourth-order valence-electron chi connectivity index (χ4n) is 2.60. The van der Waals surface area contributed by atoms with E-state index in [1.165, 1.54) is 7.11 Å². The van der Waals surface area contributed by atoms with E-state index >= 15 is 0 Å². The van der Waals surface area contributed by atoms with Crippen molar-refractivity contribution in [3.63, 3.8) is 0 Å². The molecular weight excluding hydrogens is 308 g/mol. The number of ether oxygens (including phenoxy) is 3. The van der Waals surface area contributed by atoms with E-state index in [0.29, 0.717) is 12.0 Å². The van der Waals surface area contributed by atoms with E-state index in [1.807, 2.05) is 37.3 Å². The molecule has 1 aliphatic rings. The van der Waals surface area contributed by atoms with Crippen LogP contribution in [0.15, 0.2) is 42.0 Å². The van der Waals surface area contributed by atoms with E-state index < -0.39 is 29.2 Å². The maximum absolute atomic E-state index is 12.7. The Kier molecular flexibility index (Phi) is 5.13. The molecule has 5 nitrogen and oxygen atoms in total. The second-order valence-electron chi connectivity index (χ2n) is 6.74. The van der Waals surface area contributed by atoms with E-state index in [0.717, 1.165) is 5.56 Å². The summed E-state index contributed by atoms with van der Waals surface area (Å²) in [6.45, 7) is 7.21. The summed E-state index contributed by atoms with van der Waals surface area (Å²) in [7, 11) is 1.31. The highest BCUT2D eigenvalue weighted by Crippen LogP contribution is 2.42. The van der Waals surface area contributed by atoms with E-state index in [9.17, 15) is 9.59 Å². The van der Waals surface area contributed by atoms with Crippen LogP contribution >= 0.6 is 0 Å². The van der Waals surface area contributed by atoms with Gasteiger partial charge in [0.05, 0.1) is 12.7 Å². The lowest BCUT2D eigenvalue weighted by Crippen LogP contribution is -2.42. The van der Waals surface area contributed by atoms with Crippen LogP contribution in [0.25, 0.3) is 0 Å². The number of esters is 2. The maximum Gasteiger partial charge on any atom is 0.343 e. The standard InChI is InChI=1S/C19H24O5/c1-6-19(17(21)24-18(2,3)4)12-14(16(20)22-5)15(23-19)13-10-8-7-9-11-13/h7-12,15H,6H2,1-5H3/t15-,19-/m1/s1. The topological polar surface area (TPSA) is 61.8 Å². The number of carbonyl (C=O) groups is 2. The van der Waals surface area contributed by atoms with Crippen LogP contribution in [0.2, 0.25) is 0 Å². The molecule has 0 saturated carbocycles. The van der Waals surface area contributed by atoms with Gasteiger partial charge in [-0.1, -0.05) is 37.3 Å². The van der Waals surface area contributed by atoms with Crippen LogP contribution in [-0.2, 0) is 23.8 Å². The highest BCUT2D eigenvalue weighted by Gasteiger charge is 2.49.